The van der Waals surface area contributed by atoms with E-state index in [9.17, 15) is 4.79 Å². The molecule has 1 amide bonds. The fourth-order valence-electron chi connectivity index (χ4n) is 2.38. The summed E-state index contributed by atoms with van der Waals surface area (Å²) in [4.78, 5) is 18.9. The molecule has 5 heteroatoms. The predicted octanol–water partition coefficient (Wildman–Crippen LogP) is 2.05. The molecular formula is C16H18N4O. The summed E-state index contributed by atoms with van der Waals surface area (Å²) in [5.74, 6) is -0.0397. The zero-order valence-electron chi connectivity index (χ0n) is 11.7. The van der Waals surface area contributed by atoms with Gasteiger partial charge in [-0.15, -0.1) is 0 Å². The number of pyridine rings is 1. The highest BCUT2D eigenvalue weighted by Gasteiger charge is 2.33. The zero-order valence-corrected chi connectivity index (χ0v) is 11.7. The summed E-state index contributed by atoms with van der Waals surface area (Å²) in [5.41, 5.74) is 14.0. The van der Waals surface area contributed by atoms with E-state index in [4.69, 9.17) is 11.5 Å². The first-order chi connectivity index (χ1) is 10.1. The Labute approximate surface area is 123 Å². The molecule has 1 aliphatic rings. The smallest absolute Gasteiger partial charge is 0.254 e. The Morgan fingerprint density at radius 3 is 2.48 bits per heavy atom. The molecule has 0 aliphatic heterocycles. The number of nitrogen functional groups attached to an aromatic ring is 2. The largest absolute Gasteiger partial charge is 0.399 e. The summed E-state index contributed by atoms with van der Waals surface area (Å²) in [6.07, 6.45) is 3.82. The van der Waals surface area contributed by atoms with Crippen LogP contribution in [0.2, 0.25) is 0 Å². The van der Waals surface area contributed by atoms with Crippen LogP contribution in [0.5, 0.6) is 0 Å². The fourth-order valence-corrected chi connectivity index (χ4v) is 2.38. The molecule has 4 N–H and O–H groups in total. The summed E-state index contributed by atoms with van der Waals surface area (Å²) in [6, 6.07) is 11.0. The molecule has 1 aromatic heterocycles. The van der Waals surface area contributed by atoms with Crippen molar-refractivity contribution in [2.24, 2.45) is 0 Å². The van der Waals surface area contributed by atoms with E-state index in [0.717, 1.165) is 18.5 Å². The first-order valence-corrected chi connectivity index (χ1v) is 7.00. The van der Waals surface area contributed by atoms with Crippen molar-refractivity contribution in [3.05, 3.63) is 53.9 Å². The van der Waals surface area contributed by atoms with Crippen molar-refractivity contribution in [2.45, 2.75) is 25.4 Å². The van der Waals surface area contributed by atoms with Crippen LogP contribution in [0, 0.1) is 0 Å². The van der Waals surface area contributed by atoms with E-state index in [1.54, 1.807) is 24.4 Å². The number of rotatable bonds is 4. The molecule has 0 radical (unpaired) electrons. The molecule has 0 atom stereocenters. The SMILES string of the molecule is Nc1cc(N)cc(C(=O)N(Cc2ccccn2)C2CC2)c1. The summed E-state index contributed by atoms with van der Waals surface area (Å²) in [5, 5.41) is 0. The Kier molecular flexibility index (Phi) is 3.48. The standard InChI is InChI=1S/C16H18N4O/c17-12-7-11(8-13(18)9-12)16(21)20(15-4-5-15)10-14-3-1-2-6-19-14/h1-3,6-9,15H,4-5,10,17-18H2. The van der Waals surface area contributed by atoms with Crippen LogP contribution in [-0.4, -0.2) is 21.8 Å². The summed E-state index contributed by atoms with van der Waals surface area (Å²) < 4.78 is 0. The third-order valence-electron chi connectivity index (χ3n) is 3.53. The van der Waals surface area contributed by atoms with E-state index in [1.165, 1.54) is 0 Å². The maximum absolute atomic E-state index is 12.7. The lowest BCUT2D eigenvalue weighted by Gasteiger charge is -2.22. The van der Waals surface area contributed by atoms with Crippen LogP contribution in [0.3, 0.4) is 0 Å². The highest BCUT2D eigenvalue weighted by Crippen LogP contribution is 2.30. The second-order valence-corrected chi connectivity index (χ2v) is 5.37. The van der Waals surface area contributed by atoms with E-state index in [1.807, 2.05) is 23.1 Å². The first kappa shape index (κ1) is 13.4. The number of hydrogen-bond donors (Lipinski definition) is 2. The van der Waals surface area contributed by atoms with E-state index < -0.39 is 0 Å². The lowest BCUT2D eigenvalue weighted by Crippen LogP contribution is -2.33. The Hall–Kier alpha value is -2.56. The number of hydrogen-bond acceptors (Lipinski definition) is 4. The molecular weight excluding hydrogens is 264 g/mol. The molecule has 0 spiro atoms. The van der Waals surface area contributed by atoms with Crippen molar-refractivity contribution in [1.82, 2.24) is 9.88 Å². The number of nitrogens with two attached hydrogens (primary N) is 2. The summed E-state index contributed by atoms with van der Waals surface area (Å²) >= 11 is 0. The van der Waals surface area contributed by atoms with Crippen molar-refractivity contribution < 1.29 is 4.79 Å². The van der Waals surface area contributed by atoms with Gasteiger partial charge in [0.15, 0.2) is 0 Å². The molecule has 0 unspecified atom stereocenters. The second-order valence-electron chi connectivity index (χ2n) is 5.37. The number of amides is 1. The number of aromatic nitrogens is 1. The van der Waals surface area contributed by atoms with Gasteiger partial charge in [-0.05, 0) is 43.2 Å². The molecule has 1 fully saturated rings. The minimum absolute atomic E-state index is 0.0397. The molecule has 21 heavy (non-hydrogen) atoms. The monoisotopic (exact) mass is 282 g/mol. The Morgan fingerprint density at radius 2 is 1.90 bits per heavy atom. The molecule has 1 saturated carbocycles. The van der Waals surface area contributed by atoms with Crippen LogP contribution in [0.15, 0.2) is 42.6 Å². The highest BCUT2D eigenvalue weighted by atomic mass is 16.2. The number of carbonyl (C=O) groups is 1. The third kappa shape index (κ3) is 3.13. The lowest BCUT2D eigenvalue weighted by atomic mass is 10.1. The number of anilines is 2. The van der Waals surface area contributed by atoms with Gasteiger partial charge in [0.05, 0.1) is 12.2 Å². The van der Waals surface area contributed by atoms with Crippen LogP contribution in [-0.2, 0) is 6.54 Å². The van der Waals surface area contributed by atoms with Gasteiger partial charge in [0, 0.05) is 29.2 Å². The molecule has 1 aromatic carbocycles. The van der Waals surface area contributed by atoms with E-state index in [0.29, 0.717) is 29.5 Å². The zero-order chi connectivity index (χ0) is 14.8. The van der Waals surface area contributed by atoms with Gasteiger partial charge in [-0.25, -0.2) is 0 Å². The fraction of sp³-hybridized carbons (Fsp3) is 0.250. The molecule has 0 saturated heterocycles. The van der Waals surface area contributed by atoms with Crippen molar-refractivity contribution in [2.75, 3.05) is 11.5 Å². The summed E-state index contributed by atoms with van der Waals surface area (Å²) in [6.45, 7) is 0.513. The molecule has 1 heterocycles. The van der Waals surface area contributed by atoms with Crippen molar-refractivity contribution in [1.29, 1.82) is 0 Å². The van der Waals surface area contributed by atoms with Crippen molar-refractivity contribution in [3.8, 4) is 0 Å². The molecule has 5 nitrogen and oxygen atoms in total. The van der Waals surface area contributed by atoms with Crippen LogP contribution >= 0.6 is 0 Å². The van der Waals surface area contributed by atoms with Crippen LogP contribution in [0.25, 0.3) is 0 Å². The third-order valence-corrected chi connectivity index (χ3v) is 3.53. The topological polar surface area (TPSA) is 85.2 Å². The van der Waals surface area contributed by atoms with Crippen LogP contribution < -0.4 is 11.5 Å². The average Bonchev–Trinajstić information content (AvgIpc) is 3.29. The Morgan fingerprint density at radius 1 is 1.19 bits per heavy atom. The number of nitrogens with zero attached hydrogens (tertiary/aromatic N) is 2. The minimum Gasteiger partial charge on any atom is -0.399 e. The average molecular weight is 282 g/mol. The Bertz CT molecular complexity index is 632. The lowest BCUT2D eigenvalue weighted by molar-refractivity contribution is 0.0728. The van der Waals surface area contributed by atoms with Gasteiger partial charge < -0.3 is 16.4 Å². The maximum Gasteiger partial charge on any atom is 0.254 e. The van der Waals surface area contributed by atoms with E-state index >= 15 is 0 Å². The number of carbonyl (C=O) groups excluding carboxylic acids is 1. The van der Waals surface area contributed by atoms with Gasteiger partial charge in [0.2, 0.25) is 0 Å². The van der Waals surface area contributed by atoms with Gasteiger partial charge in [0.25, 0.3) is 5.91 Å². The predicted molar refractivity (Wildman–Crippen MR) is 82.4 cm³/mol. The maximum atomic E-state index is 12.7. The second kappa shape index (κ2) is 5.44. The normalized spacial score (nSPS) is 13.9. The summed E-state index contributed by atoms with van der Waals surface area (Å²) in [7, 11) is 0. The number of benzene rings is 1. The van der Waals surface area contributed by atoms with Crippen LogP contribution in [0.4, 0.5) is 11.4 Å². The first-order valence-electron chi connectivity index (χ1n) is 7.00. The highest BCUT2D eigenvalue weighted by molar-refractivity contribution is 5.96. The van der Waals surface area contributed by atoms with E-state index in [-0.39, 0.29) is 5.91 Å². The molecule has 2 aromatic rings. The molecule has 108 valence electrons. The van der Waals surface area contributed by atoms with Crippen LogP contribution in [0.1, 0.15) is 28.9 Å². The molecule has 3 rings (SSSR count). The van der Waals surface area contributed by atoms with Gasteiger partial charge >= 0.3 is 0 Å². The van der Waals surface area contributed by atoms with Gasteiger partial charge in [-0.1, -0.05) is 6.07 Å². The molecule has 1 aliphatic carbocycles. The molecule has 0 bridgehead atoms. The quantitative estimate of drug-likeness (QED) is 0.840. The van der Waals surface area contributed by atoms with Gasteiger partial charge in [-0.2, -0.15) is 0 Å². The Balaban J connectivity index is 1.85. The van der Waals surface area contributed by atoms with Gasteiger partial charge in [0.1, 0.15) is 0 Å². The van der Waals surface area contributed by atoms with E-state index in [2.05, 4.69) is 4.98 Å². The van der Waals surface area contributed by atoms with Crippen molar-refractivity contribution >= 4 is 17.3 Å². The minimum atomic E-state index is -0.0397. The van der Waals surface area contributed by atoms with Gasteiger partial charge in [-0.3, -0.25) is 9.78 Å². The van der Waals surface area contributed by atoms with Crippen molar-refractivity contribution in [3.63, 3.8) is 0 Å².